The van der Waals surface area contributed by atoms with Crippen LogP contribution in [0, 0.1) is 11.6 Å². The van der Waals surface area contributed by atoms with Gasteiger partial charge in [-0.3, -0.25) is 9.59 Å². The summed E-state index contributed by atoms with van der Waals surface area (Å²) in [5.41, 5.74) is 11.7. The molecule has 0 spiro atoms. The lowest BCUT2D eigenvalue weighted by Gasteiger charge is -2.03. The molecule has 0 aliphatic heterocycles. The summed E-state index contributed by atoms with van der Waals surface area (Å²) in [6.07, 6.45) is -0.369. The second-order valence-electron chi connectivity index (χ2n) is 5.75. The van der Waals surface area contributed by atoms with E-state index in [0.29, 0.717) is 23.5 Å². The van der Waals surface area contributed by atoms with Crippen LogP contribution in [0.3, 0.4) is 0 Å². The van der Waals surface area contributed by atoms with Gasteiger partial charge >= 0.3 is 11.9 Å². The van der Waals surface area contributed by atoms with Crippen LogP contribution in [0.4, 0.5) is 20.2 Å². The van der Waals surface area contributed by atoms with E-state index in [4.69, 9.17) is 30.6 Å². The highest BCUT2D eigenvalue weighted by Gasteiger charge is 2.08. The van der Waals surface area contributed by atoms with E-state index in [1.165, 1.54) is 24.3 Å². The van der Waals surface area contributed by atoms with Gasteiger partial charge in [0.15, 0.2) is 0 Å². The molecule has 0 aliphatic rings. The van der Waals surface area contributed by atoms with E-state index in [1.54, 1.807) is 19.9 Å². The van der Waals surface area contributed by atoms with E-state index in [0.717, 1.165) is 6.07 Å². The van der Waals surface area contributed by atoms with E-state index in [1.807, 2.05) is 0 Å². The number of nitrogen functional groups attached to an aromatic ring is 2. The van der Waals surface area contributed by atoms with Crippen molar-refractivity contribution in [2.45, 2.75) is 26.7 Å². The number of aliphatic hydroxyl groups excluding tert-OH is 1. The molecule has 2 aromatic carbocycles. The Bertz CT molecular complexity index is 903. The van der Waals surface area contributed by atoms with Gasteiger partial charge in [0.2, 0.25) is 9.23 Å². The maximum absolute atomic E-state index is 13.2. The van der Waals surface area contributed by atoms with Gasteiger partial charge < -0.3 is 26.4 Å². The number of aliphatic hydroxyl groups is 1. The van der Waals surface area contributed by atoms with Crippen LogP contribution in [-0.2, 0) is 36.4 Å². The van der Waals surface area contributed by atoms with Crippen molar-refractivity contribution in [2.24, 2.45) is 0 Å². The predicted molar refractivity (Wildman–Crippen MR) is 126 cm³/mol. The maximum atomic E-state index is 13.2. The fraction of sp³-hybridized carbons (Fsp3) is 0.300. The first-order chi connectivity index (χ1) is 15.4. The molecule has 0 bridgehead atoms. The van der Waals surface area contributed by atoms with Crippen LogP contribution < -0.4 is 11.5 Å². The number of anilines is 2. The Labute approximate surface area is 201 Å². The minimum absolute atomic E-state index is 0.0556. The summed E-state index contributed by atoms with van der Waals surface area (Å²) in [5, 5.41) is 15.9. The van der Waals surface area contributed by atoms with E-state index < -0.39 is 32.8 Å². The first-order valence-electron chi connectivity index (χ1n) is 9.18. The first-order valence-corrected chi connectivity index (χ1v) is 12.0. The number of carboxylic acids is 1. The van der Waals surface area contributed by atoms with Crippen LogP contribution in [0.1, 0.15) is 25.0 Å². The second-order valence-corrected chi connectivity index (χ2v) is 8.28. The molecule has 186 valence electrons. The zero-order chi connectivity index (χ0) is 26.0. The monoisotopic (exact) mass is 530 g/mol. The summed E-state index contributed by atoms with van der Waals surface area (Å²) in [6, 6.07) is 8.19. The Morgan fingerprint density at radius 2 is 1.33 bits per heavy atom. The molecular weight excluding hydrogens is 505 g/mol. The van der Waals surface area contributed by atoms with Gasteiger partial charge in [-0.1, -0.05) is 12.1 Å². The van der Waals surface area contributed by atoms with Crippen LogP contribution in [0.5, 0.6) is 0 Å². The summed E-state index contributed by atoms with van der Waals surface area (Å²) in [5.74, 6) is -2.54. The van der Waals surface area contributed by atoms with Gasteiger partial charge in [-0.2, -0.15) is 0 Å². The number of hydrogen-bond donors (Lipinski definition) is 4. The van der Waals surface area contributed by atoms with Crippen molar-refractivity contribution in [2.75, 3.05) is 24.7 Å². The molecule has 6 N–H and O–H groups in total. The number of halogens is 4. The SMILES string of the molecule is CCO.CCOC(=O)Cc1ccc(N)cc1F.Nc1ccc(CC(=O)O)c(F)c1.O=S(Cl)Cl. The van der Waals surface area contributed by atoms with Crippen molar-refractivity contribution in [3.8, 4) is 0 Å². The Hall–Kier alpha value is -2.47. The second kappa shape index (κ2) is 19.0. The summed E-state index contributed by atoms with van der Waals surface area (Å²) in [4.78, 5) is 21.2. The molecule has 0 fully saturated rings. The fourth-order valence-corrected chi connectivity index (χ4v) is 1.94. The Balaban J connectivity index is 0. The Morgan fingerprint density at radius 3 is 1.64 bits per heavy atom. The number of benzene rings is 2. The van der Waals surface area contributed by atoms with Crippen molar-refractivity contribution < 1.29 is 37.5 Å². The van der Waals surface area contributed by atoms with Gasteiger partial charge in [0.1, 0.15) is 11.6 Å². The van der Waals surface area contributed by atoms with E-state index in [2.05, 4.69) is 21.4 Å². The predicted octanol–water partition coefficient (Wildman–Crippen LogP) is 3.59. The lowest BCUT2D eigenvalue weighted by atomic mass is 10.1. The van der Waals surface area contributed by atoms with Gasteiger partial charge in [0.05, 0.1) is 19.4 Å². The van der Waals surface area contributed by atoms with Crippen LogP contribution in [-0.4, -0.2) is 39.6 Å². The standard InChI is InChI=1S/C10H12FNO2.C8H8FNO2.C2H6O.Cl2OS/c1-2-14-10(13)5-7-3-4-8(12)6-9(7)11;9-7-4-6(10)2-1-5(7)3-8(11)12;1-2-3;1-4(2)3/h3-4,6H,2,5,12H2,1H3;1-2,4H,3,10H2,(H,11,12);3H,2H2,1H3;. The Kier molecular flexibility index (Phi) is 18.9. The third-order valence-electron chi connectivity index (χ3n) is 3.14. The molecule has 0 saturated heterocycles. The van der Waals surface area contributed by atoms with Crippen molar-refractivity contribution >= 4 is 53.9 Å². The number of hydrogen-bond acceptors (Lipinski definition) is 7. The minimum atomic E-state index is -1.67. The number of rotatable bonds is 5. The summed E-state index contributed by atoms with van der Waals surface area (Å²) >= 11 is 0. The van der Waals surface area contributed by atoms with Crippen molar-refractivity contribution in [3.63, 3.8) is 0 Å². The number of carbonyl (C=O) groups is 2. The topological polar surface area (TPSA) is 153 Å². The molecule has 0 aromatic heterocycles. The molecule has 8 nitrogen and oxygen atoms in total. The van der Waals surface area contributed by atoms with Crippen molar-refractivity contribution in [1.82, 2.24) is 0 Å². The first kappa shape index (κ1) is 32.7. The number of esters is 1. The highest BCUT2D eigenvalue weighted by Crippen LogP contribution is 2.13. The van der Waals surface area contributed by atoms with Crippen molar-refractivity contribution in [1.29, 1.82) is 0 Å². The number of ether oxygens (including phenoxy) is 1. The zero-order valence-corrected chi connectivity index (χ0v) is 20.2. The van der Waals surface area contributed by atoms with E-state index in [9.17, 15) is 18.4 Å². The van der Waals surface area contributed by atoms with Gasteiger partial charge in [-0.15, -0.1) is 0 Å². The largest absolute Gasteiger partial charge is 0.481 e. The average Bonchev–Trinajstić information content (AvgIpc) is 2.67. The summed E-state index contributed by atoms with van der Waals surface area (Å²) in [7, 11) is 7.36. The maximum Gasteiger partial charge on any atom is 0.310 e. The fourth-order valence-electron chi connectivity index (χ4n) is 1.94. The molecule has 2 rings (SSSR count). The number of aliphatic carboxylic acids is 1. The normalized spacial score (nSPS) is 9.33. The molecule has 13 heteroatoms. The minimum Gasteiger partial charge on any atom is -0.481 e. The number of nitrogens with two attached hydrogens (primary N) is 2. The Morgan fingerprint density at radius 1 is 0.970 bits per heavy atom. The molecule has 0 aliphatic carbocycles. The molecule has 0 unspecified atom stereocenters. The molecule has 0 heterocycles. The van der Waals surface area contributed by atoms with Gasteiger partial charge in [-0.05, 0) is 49.2 Å². The van der Waals surface area contributed by atoms with Crippen molar-refractivity contribution in [3.05, 3.63) is 59.2 Å². The average molecular weight is 531 g/mol. The van der Waals surface area contributed by atoms with Crippen LogP contribution in [0.15, 0.2) is 36.4 Å². The van der Waals surface area contributed by atoms with Crippen LogP contribution >= 0.6 is 21.4 Å². The molecule has 0 radical (unpaired) electrons. The van der Waals surface area contributed by atoms with Gasteiger partial charge in [0.25, 0.3) is 0 Å². The van der Waals surface area contributed by atoms with Crippen LogP contribution in [0.25, 0.3) is 0 Å². The summed E-state index contributed by atoms with van der Waals surface area (Å²) < 4.78 is 39.8. The highest BCUT2D eigenvalue weighted by atomic mass is 36.0. The molecular formula is C20H26Cl2F2N2O6S. The third kappa shape index (κ3) is 18.8. The lowest BCUT2D eigenvalue weighted by molar-refractivity contribution is -0.142. The molecule has 0 saturated carbocycles. The van der Waals surface area contributed by atoms with Gasteiger partial charge in [-0.25, -0.2) is 13.0 Å². The highest BCUT2D eigenvalue weighted by molar-refractivity contribution is 8.26. The molecule has 0 atom stereocenters. The van der Waals surface area contributed by atoms with E-state index >= 15 is 0 Å². The number of carboxylic acid groups (broad SMARTS) is 1. The quantitative estimate of drug-likeness (QED) is 0.260. The smallest absolute Gasteiger partial charge is 0.310 e. The van der Waals surface area contributed by atoms with E-state index in [-0.39, 0.29) is 25.0 Å². The molecule has 0 amide bonds. The van der Waals surface area contributed by atoms with Crippen LogP contribution in [0.2, 0.25) is 0 Å². The summed E-state index contributed by atoms with van der Waals surface area (Å²) in [6.45, 7) is 3.94. The zero-order valence-electron chi connectivity index (χ0n) is 17.9. The molecule has 2 aromatic rings. The number of carbonyl (C=O) groups excluding carboxylic acids is 1. The third-order valence-corrected chi connectivity index (χ3v) is 3.14. The van der Waals surface area contributed by atoms with Gasteiger partial charge in [0, 0.05) is 39.3 Å². The molecule has 33 heavy (non-hydrogen) atoms. The lowest BCUT2D eigenvalue weighted by Crippen LogP contribution is -2.08.